The average molecular weight is 295 g/mol. The van der Waals surface area contributed by atoms with Crippen molar-refractivity contribution in [2.24, 2.45) is 0 Å². The number of ether oxygens (including phenoxy) is 1. The highest BCUT2D eigenvalue weighted by molar-refractivity contribution is 5.94. The molecule has 0 saturated carbocycles. The van der Waals surface area contributed by atoms with Crippen molar-refractivity contribution < 1.29 is 9.53 Å². The minimum Gasteiger partial charge on any atom is -0.496 e. The third-order valence-electron chi connectivity index (χ3n) is 4.38. The molecule has 0 spiro atoms. The second kappa shape index (κ2) is 5.84. The SMILES string of the molecule is COc1ccc(C(C)=O)cc1CN1c2ccccc2C[C@H]1C. The van der Waals surface area contributed by atoms with E-state index >= 15 is 0 Å². The van der Waals surface area contributed by atoms with Crippen LogP contribution in [0.4, 0.5) is 5.69 Å². The summed E-state index contributed by atoms with van der Waals surface area (Å²) in [4.78, 5) is 14.0. The zero-order chi connectivity index (χ0) is 15.7. The molecule has 0 bridgehead atoms. The van der Waals surface area contributed by atoms with Gasteiger partial charge in [0.15, 0.2) is 5.78 Å². The molecule has 3 rings (SSSR count). The second-order valence-corrected chi connectivity index (χ2v) is 5.89. The predicted octanol–water partition coefficient (Wildman–Crippen LogP) is 3.85. The first-order valence-corrected chi connectivity index (χ1v) is 7.62. The molecule has 1 heterocycles. The first kappa shape index (κ1) is 14.6. The summed E-state index contributed by atoms with van der Waals surface area (Å²) in [5.41, 5.74) is 4.46. The maximum Gasteiger partial charge on any atom is 0.159 e. The van der Waals surface area contributed by atoms with Crippen LogP contribution in [0.5, 0.6) is 5.75 Å². The van der Waals surface area contributed by atoms with Gasteiger partial charge in [0.05, 0.1) is 7.11 Å². The number of carbonyl (C=O) groups is 1. The fraction of sp³-hybridized carbons (Fsp3) is 0.316. The van der Waals surface area contributed by atoms with Crippen molar-refractivity contribution in [2.75, 3.05) is 12.0 Å². The van der Waals surface area contributed by atoms with E-state index < -0.39 is 0 Å². The number of hydrogen-bond donors (Lipinski definition) is 0. The van der Waals surface area contributed by atoms with Gasteiger partial charge < -0.3 is 9.64 Å². The molecule has 114 valence electrons. The summed E-state index contributed by atoms with van der Waals surface area (Å²) < 4.78 is 5.48. The van der Waals surface area contributed by atoms with Gasteiger partial charge in [0.1, 0.15) is 5.75 Å². The highest BCUT2D eigenvalue weighted by atomic mass is 16.5. The summed E-state index contributed by atoms with van der Waals surface area (Å²) in [7, 11) is 1.67. The van der Waals surface area contributed by atoms with E-state index in [1.54, 1.807) is 14.0 Å². The molecule has 0 N–H and O–H groups in total. The highest BCUT2D eigenvalue weighted by Gasteiger charge is 2.26. The van der Waals surface area contributed by atoms with Gasteiger partial charge in [0.2, 0.25) is 0 Å². The Morgan fingerprint density at radius 2 is 2.05 bits per heavy atom. The van der Waals surface area contributed by atoms with E-state index in [1.807, 2.05) is 18.2 Å². The number of benzene rings is 2. The molecule has 1 aliphatic heterocycles. The van der Waals surface area contributed by atoms with Crippen molar-refractivity contribution in [3.05, 3.63) is 59.2 Å². The van der Waals surface area contributed by atoms with Crippen LogP contribution in [0, 0.1) is 0 Å². The first-order valence-electron chi connectivity index (χ1n) is 7.62. The number of Topliss-reactive ketones (excluding diaryl/α,β-unsaturated/α-hetero) is 1. The van der Waals surface area contributed by atoms with Gasteiger partial charge in [-0.2, -0.15) is 0 Å². The molecule has 2 aromatic carbocycles. The summed E-state index contributed by atoms with van der Waals surface area (Å²) in [6.45, 7) is 4.59. The predicted molar refractivity (Wildman–Crippen MR) is 88.8 cm³/mol. The van der Waals surface area contributed by atoms with Crippen LogP contribution in [0.3, 0.4) is 0 Å². The molecule has 0 aromatic heterocycles. The Hall–Kier alpha value is -2.29. The summed E-state index contributed by atoms with van der Waals surface area (Å²) >= 11 is 0. The van der Waals surface area contributed by atoms with Gasteiger partial charge in [-0.1, -0.05) is 18.2 Å². The van der Waals surface area contributed by atoms with Gasteiger partial charge in [-0.05, 0) is 50.1 Å². The van der Waals surface area contributed by atoms with Gasteiger partial charge in [0, 0.05) is 29.4 Å². The number of rotatable bonds is 4. The number of carbonyl (C=O) groups excluding carboxylic acids is 1. The van der Waals surface area contributed by atoms with Crippen LogP contribution in [-0.2, 0) is 13.0 Å². The number of para-hydroxylation sites is 1. The van der Waals surface area contributed by atoms with E-state index in [0.29, 0.717) is 6.04 Å². The van der Waals surface area contributed by atoms with Crippen molar-refractivity contribution >= 4 is 11.5 Å². The van der Waals surface area contributed by atoms with E-state index in [2.05, 4.69) is 36.1 Å². The Balaban J connectivity index is 1.96. The fourth-order valence-electron chi connectivity index (χ4n) is 3.18. The molecule has 3 heteroatoms. The first-order chi connectivity index (χ1) is 10.6. The number of nitrogens with zero attached hydrogens (tertiary/aromatic N) is 1. The number of anilines is 1. The van der Waals surface area contributed by atoms with Gasteiger partial charge in [-0.3, -0.25) is 4.79 Å². The standard InChI is InChI=1S/C19H21NO2/c1-13-10-16-6-4-5-7-18(16)20(13)12-17-11-15(14(2)21)8-9-19(17)22-3/h4-9,11,13H,10,12H2,1-3H3/t13-/m1/s1. The molecule has 1 atom stereocenters. The molecule has 0 radical (unpaired) electrons. The third-order valence-corrected chi connectivity index (χ3v) is 4.38. The number of methoxy groups -OCH3 is 1. The maximum absolute atomic E-state index is 11.6. The zero-order valence-electron chi connectivity index (χ0n) is 13.3. The summed E-state index contributed by atoms with van der Waals surface area (Å²) in [6, 6.07) is 14.6. The van der Waals surface area contributed by atoms with Gasteiger partial charge in [0.25, 0.3) is 0 Å². The third kappa shape index (κ3) is 2.59. The van der Waals surface area contributed by atoms with Crippen molar-refractivity contribution in [1.29, 1.82) is 0 Å². The van der Waals surface area contributed by atoms with E-state index in [9.17, 15) is 4.79 Å². The lowest BCUT2D eigenvalue weighted by atomic mass is 10.1. The monoisotopic (exact) mass is 295 g/mol. The molecular weight excluding hydrogens is 274 g/mol. The van der Waals surface area contributed by atoms with Crippen molar-refractivity contribution in [3.8, 4) is 5.75 Å². The van der Waals surface area contributed by atoms with Crippen LogP contribution in [-0.4, -0.2) is 18.9 Å². The van der Waals surface area contributed by atoms with E-state index in [0.717, 1.165) is 29.8 Å². The number of fused-ring (bicyclic) bond motifs is 1. The van der Waals surface area contributed by atoms with Crippen molar-refractivity contribution in [3.63, 3.8) is 0 Å². The van der Waals surface area contributed by atoms with Gasteiger partial charge in [-0.15, -0.1) is 0 Å². The Labute approximate surface area is 131 Å². The van der Waals surface area contributed by atoms with Crippen LogP contribution in [0.1, 0.15) is 35.3 Å². The Morgan fingerprint density at radius 3 is 2.77 bits per heavy atom. The van der Waals surface area contributed by atoms with E-state index in [4.69, 9.17) is 4.74 Å². The van der Waals surface area contributed by atoms with Crippen LogP contribution in [0.25, 0.3) is 0 Å². The Kier molecular flexibility index (Phi) is 3.88. The largest absolute Gasteiger partial charge is 0.496 e. The average Bonchev–Trinajstić information content (AvgIpc) is 2.83. The molecule has 0 fully saturated rings. The summed E-state index contributed by atoms with van der Waals surface area (Å²) in [5, 5.41) is 0. The second-order valence-electron chi connectivity index (χ2n) is 5.89. The molecular formula is C19H21NO2. The molecule has 0 unspecified atom stereocenters. The molecule has 0 saturated heterocycles. The smallest absolute Gasteiger partial charge is 0.159 e. The molecule has 22 heavy (non-hydrogen) atoms. The summed E-state index contributed by atoms with van der Waals surface area (Å²) in [6.07, 6.45) is 1.06. The highest BCUT2D eigenvalue weighted by Crippen LogP contribution is 2.34. The molecule has 0 aliphatic carbocycles. The summed E-state index contributed by atoms with van der Waals surface area (Å²) in [5.74, 6) is 0.917. The van der Waals surface area contributed by atoms with E-state index in [-0.39, 0.29) is 5.78 Å². The quantitative estimate of drug-likeness (QED) is 0.802. The molecule has 0 amide bonds. The lowest BCUT2D eigenvalue weighted by molar-refractivity contribution is 0.101. The lowest BCUT2D eigenvalue weighted by Crippen LogP contribution is -2.28. The molecule has 1 aliphatic rings. The Bertz CT molecular complexity index is 708. The minimum atomic E-state index is 0.0822. The topological polar surface area (TPSA) is 29.5 Å². The van der Waals surface area contributed by atoms with Crippen LogP contribution >= 0.6 is 0 Å². The minimum absolute atomic E-state index is 0.0822. The maximum atomic E-state index is 11.6. The Morgan fingerprint density at radius 1 is 1.27 bits per heavy atom. The fourth-order valence-corrected chi connectivity index (χ4v) is 3.18. The normalized spacial score (nSPS) is 16.5. The zero-order valence-corrected chi connectivity index (χ0v) is 13.3. The van der Waals surface area contributed by atoms with Crippen LogP contribution < -0.4 is 9.64 Å². The van der Waals surface area contributed by atoms with Gasteiger partial charge >= 0.3 is 0 Å². The molecule has 3 nitrogen and oxygen atoms in total. The van der Waals surface area contributed by atoms with Gasteiger partial charge in [-0.25, -0.2) is 0 Å². The van der Waals surface area contributed by atoms with Crippen molar-refractivity contribution in [2.45, 2.75) is 32.9 Å². The number of ketones is 1. The lowest BCUT2D eigenvalue weighted by Gasteiger charge is -2.26. The van der Waals surface area contributed by atoms with Crippen LogP contribution in [0.15, 0.2) is 42.5 Å². The number of hydrogen-bond acceptors (Lipinski definition) is 3. The van der Waals surface area contributed by atoms with E-state index in [1.165, 1.54) is 11.3 Å². The van der Waals surface area contributed by atoms with Crippen molar-refractivity contribution in [1.82, 2.24) is 0 Å². The molecule has 2 aromatic rings. The van der Waals surface area contributed by atoms with Crippen LogP contribution in [0.2, 0.25) is 0 Å².